The number of nitrogens with zero attached hydrogens (tertiary/aromatic N) is 1. The Balaban J connectivity index is 2.16. The van der Waals surface area contributed by atoms with Crippen molar-refractivity contribution < 1.29 is 17.9 Å². The standard InChI is InChI=1S/C19H24N2O4S/c1-13-7-6-8-17(11-13)25-15(3)19(22)20-16-10-9-14(2)18(12-16)26(23,24)21(4)5/h6-12,15H,1-5H3,(H,20,22)/t15-/m1/s1. The number of hydrogen-bond acceptors (Lipinski definition) is 4. The van der Waals surface area contributed by atoms with E-state index in [0.29, 0.717) is 17.0 Å². The van der Waals surface area contributed by atoms with Gasteiger partial charge in [-0.25, -0.2) is 12.7 Å². The van der Waals surface area contributed by atoms with Gasteiger partial charge in [0.1, 0.15) is 5.75 Å². The molecule has 0 fully saturated rings. The molecule has 0 aliphatic heterocycles. The lowest BCUT2D eigenvalue weighted by molar-refractivity contribution is -0.122. The molecule has 0 unspecified atom stereocenters. The molecule has 0 aromatic heterocycles. The fourth-order valence-corrected chi connectivity index (χ4v) is 3.49. The van der Waals surface area contributed by atoms with Crippen molar-refractivity contribution in [3.05, 3.63) is 53.6 Å². The summed E-state index contributed by atoms with van der Waals surface area (Å²) in [5.74, 6) is 0.246. The minimum Gasteiger partial charge on any atom is -0.481 e. The van der Waals surface area contributed by atoms with E-state index in [-0.39, 0.29) is 10.8 Å². The van der Waals surface area contributed by atoms with E-state index < -0.39 is 16.1 Å². The van der Waals surface area contributed by atoms with Crippen LogP contribution in [-0.4, -0.2) is 38.8 Å². The van der Waals surface area contributed by atoms with Gasteiger partial charge < -0.3 is 10.1 Å². The van der Waals surface area contributed by atoms with Crippen molar-refractivity contribution in [3.8, 4) is 5.75 Å². The van der Waals surface area contributed by atoms with E-state index in [9.17, 15) is 13.2 Å². The molecule has 26 heavy (non-hydrogen) atoms. The van der Waals surface area contributed by atoms with Crippen LogP contribution in [0.4, 0.5) is 5.69 Å². The molecule has 0 heterocycles. The normalized spacial score (nSPS) is 12.7. The molecule has 7 heteroatoms. The number of sulfonamides is 1. The van der Waals surface area contributed by atoms with Crippen molar-refractivity contribution in [2.24, 2.45) is 0 Å². The minimum absolute atomic E-state index is 0.160. The van der Waals surface area contributed by atoms with Crippen molar-refractivity contribution in [3.63, 3.8) is 0 Å². The Kier molecular flexibility index (Phi) is 6.05. The second kappa shape index (κ2) is 7.88. The van der Waals surface area contributed by atoms with E-state index in [1.807, 2.05) is 25.1 Å². The molecular formula is C19H24N2O4S. The highest BCUT2D eigenvalue weighted by atomic mass is 32.2. The van der Waals surface area contributed by atoms with Crippen LogP contribution in [0.5, 0.6) is 5.75 Å². The summed E-state index contributed by atoms with van der Waals surface area (Å²) >= 11 is 0. The summed E-state index contributed by atoms with van der Waals surface area (Å²) in [5, 5.41) is 2.71. The van der Waals surface area contributed by atoms with Crippen LogP contribution in [0.3, 0.4) is 0 Å². The average Bonchev–Trinajstić information content (AvgIpc) is 2.56. The number of rotatable bonds is 6. The first kappa shape index (κ1) is 19.9. The highest BCUT2D eigenvalue weighted by molar-refractivity contribution is 7.89. The van der Waals surface area contributed by atoms with Crippen LogP contribution in [-0.2, 0) is 14.8 Å². The van der Waals surface area contributed by atoms with E-state index in [0.717, 1.165) is 9.87 Å². The van der Waals surface area contributed by atoms with Crippen LogP contribution in [0.1, 0.15) is 18.1 Å². The molecule has 6 nitrogen and oxygen atoms in total. The number of aryl methyl sites for hydroxylation is 2. The van der Waals surface area contributed by atoms with E-state index in [2.05, 4.69) is 5.32 Å². The Bertz CT molecular complexity index is 908. The van der Waals surface area contributed by atoms with Gasteiger partial charge in [-0.15, -0.1) is 0 Å². The SMILES string of the molecule is Cc1cccc(O[C@H](C)C(=O)Nc2ccc(C)c(S(=O)(=O)N(C)C)c2)c1. The number of carbonyl (C=O) groups is 1. The van der Waals surface area contributed by atoms with Crippen molar-refractivity contribution in [2.75, 3.05) is 19.4 Å². The summed E-state index contributed by atoms with van der Waals surface area (Å²) in [6.45, 7) is 5.30. The van der Waals surface area contributed by atoms with Gasteiger partial charge >= 0.3 is 0 Å². The highest BCUT2D eigenvalue weighted by Gasteiger charge is 2.21. The van der Waals surface area contributed by atoms with Gasteiger partial charge in [0.05, 0.1) is 4.90 Å². The maximum Gasteiger partial charge on any atom is 0.265 e. The molecule has 140 valence electrons. The van der Waals surface area contributed by atoms with E-state index >= 15 is 0 Å². The zero-order chi connectivity index (χ0) is 19.5. The number of nitrogens with one attached hydrogen (secondary N) is 1. The molecule has 0 aliphatic carbocycles. The largest absolute Gasteiger partial charge is 0.481 e. The number of carbonyl (C=O) groups excluding carboxylic acids is 1. The molecule has 2 aromatic carbocycles. The van der Waals surface area contributed by atoms with Crippen molar-refractivity contribution in [2.45, 2.75) is 31.8 Å². The predicted octanol–water partition coefficient (Wildman–Crippen LogP) is 2.96. The van der Waals surface area contributed by atoms with E-state index in [4.69, 9.17) is 4.74 Å². The smallest absolute Gasteiger partial charge is 0.265 e. The van der Waals surface area contributed by atoms with Crippen molar-refractivity contribution in [1.82, 2.24) is 4.31 Å². The van der Waals surface area contributed by atoms with Crippen LogP contribution in [0.15, 0.2) is 47.4 Å². The molecule has 0 spiro atoms. The van der Waals surface area contributed by atoms with Gasteiger partial charge in [0, 0.05) is 19.8 Å². The summed E-state index contributed by atoms with van der Waals surface area (Å²) in [5.41, 5.74) is 2.05. The molecule has 1 atom stereocenters. The predicted molar refractivity (Wildman–Crippen MR) is 102 cm³/mol. The van der Waals surface area contributed by atoms with Gasteiger partial charge in [-0.05, 0) is 56.2 Å². The maximum absolute atomic E-state index is 12.4. The molecular weight excluding hydrogens is 352 g/mol. The van der Waals surface area contributed by atoms with Crippen LogP contribution in [0.25, 0.3) is 0 Å². The second-order valence-electron chi connectivity index (χ2n) is 6.33. The van der Waals surface area contributed by atoms with Gasteiger partial charge in [0.25, 0.3) is 5.91 Å². The van der Waals surface area contributed by atoms with Gasteiger partial charge in [-0.2, -0.15) is 0 Å². The summed E-state index contributed by atoms with van der Waals surface area (Å²) in [6, 6.07) is 12.2. The van der Waals surface area contributed by atoms with Crippen LogP contribution in [0, 0.1) is 13.8 Å². The minimum atomic E-state index is -3.59. The fourth-order valence-electron chi connectivity index (χ4n) is 2.34. The number of benzene rings is 2. The lowest BCUT2D eigenvalue weighted by Crippen LogP contribution is -2.30. The molecule has 0 saturated carbocycles. The van der Waals surface area contributed by atoms with E-state index in [1.165, 1.54) is 20.2 Å². The van der Waals surface area contributed by atoms with Gasteiger partial charge in [0.15, 0.2) is 6.10 Å². The average molecular weight is 376 g/mol. The van der Waals surface area contributed by atoms with E-state index in [1.54, 1.807) is 32.0 Å². The topological polar surface area (TPSA) is 75.7 Å². The fraction of sp³-hybridized carbons (Fsp3) is 0.316. The number of amides is 1. The third kappa shape index (κ3) is 4.62. The lowest BCUT2D eigenvalue weighted by Gasteiger charge is -2.17. The Morgan fingerprint density at radius 2 is 1.81 bits per heavy atom. The first-order valence-electron chi connectivity index (χ1n) is 8.18. The van der Waals surface area contributed by atoms with Crippen LogP contribution < -0.4 is 10.1 Å². The van der Waals surface area contributed by atoms with Crippen molar-refractivity contribution in [1.29, 1.82) is 0 Å². The highest BCUT2D eigenvalue weighted by Crippen LogP contribution is 2.23. The molecule has 0 radical (unpaired) electrons. The molecule has 0 aliphatic rings. The third-order valence-corrected chi connectivity index (χ3v) is 5.84. The summed E-state index contributed by atoms with van der Waals surface area (Å²) < 4.78 is 31.6. The van der Waals surface area contributed by atoms with Crippen LogP contribution in [0.2, 0.25) is 0 Å². The quantitative estimate of drug-likeness (QED) is 0.841. The summed E-state index contributed by atoms with van der Waals surface area (Å²) in [7, 11) is -0.649. The number of hydrogen-bond donors (Lipinski definition) is 1. The first-order valence-corrected chi connectivity index (χ1v) is 9.62. The van der Waals surface area contributed by atoms with Crippen LogP contribution >= 0.6 is 0 Å². The molecule has 2 aromatic rings. The Morgan fingerprint density at radius 1 is 1.12 bits per heavy atom. The van der Waals surface area contributed by atoms with Gasteiger partial charge in [-0.3, -0.25) is 4.79 Å². The Labute approximate surface area is 154 Å². The summed E-state index contributed by atoms with van der Waals surface area (Å²) in [4.78, 5) is 12.5. The Morgan fingerprint density at radius 3 is 2.42 bits per heavy atom. The van der Waals surface area contributed by atoms with Gasteiger partial charge in [0.2, 0.25) is 10.0 Å². The molecule has 0 bridgehead atoms. The third-order valence-electron chi connectivity index (χ3n) is 3.89. The molecule has 1 N–H and O–H groups in total. The monoisotopic (exact) mass is 376 g/mol. The first-order chi connectivity index (χ1) is 12.1. The lowest BCUT2D eigenvalue weighted by atomic mass is 10.2. The number of ether oxygens (including phenoxy) is 1. The maximum atomic E-state index is 12.4. The number of anilines is 1. The van der Waals surface area contributed by atoms with Gasteiger partial charge in [-0.1, -0.05) is 18.2 Å². The zero-order valence-electron chi connectivity index (χ0n) is 15.6. The Hall–Kier alpha value is -2.38. The zero-order valence-corrected chi connectivity index (χ0v) is 16.4. The molecule has 1 amide bonds. The second-order valence-corrected chi connectivity index (χ2v) is 8.45. The summed E-state index contributed by atoms with van der Waals surface area (Å²) in [6.07, 6.45) is -0.730. The molecule has 2 rings (SSSR count). The van der Waals surface area contributed by atoms with Crippen molar-refractivity contribution >= 4 is 21.6 Å². The molecule has 0 saturated heterocycles.